The highest BCUT2D eigenvalue weighted by molar-refractivity contribution is 4.74. The smallest absolute Gasteiger partial charge is 0.242 e. The van der Waals surface area contributed by atoms with Crippen LogP contribution in [0.1, 0.15) is 0 Å². The molecule has 1 N–H and O–H groups in total. The van der Waals surface area contributed by atoms with Crippen molar-refractivity contribution in [3.05, 3.63) is 22.2 Å². The van der Waals surface area contributed by atoms with Crippen LogP contribution in [-0.4, -0.2) is 12.0 Å². The fraction of sp³-hybridized carbons (Fsp3) is 0.333. The van der Waals surface area contributed by atoms with Crippen LogP contribution < -0.4 is 10.4 Å². The lowest BCUT2D eigenvalue weighted by Gasteiger charge is -2.03. The van der Waals surface area contributed by atoms with Gasteiger partial charge >= 0.3 is 0 Å². The number of hydrogen-bond acceptors (Lipinski definition) is 4. The van der Waals surface area contributed by atoms with Gasteiger partial charge in [0.2, 0.25) is 6.20 Å². The lowest BCUT2D eigenvalue weighted by Crippen LogP contribution is -2.19. The Bertz CT molecular complexity index is 120. The van der Waals surface area contributed by atoms with Crippen molar-refractivity contribution in [3.63, 3.8) is 0 Å². The molecule has 0 atom stereocenters. The Kier molecular flexibility index (Phi) is 2.39. The average Bonchev–Trinajstić information content (AvgIpc) is 1.65. The number of nitrogens with zero attached hydrogens (tertiary/aromatic N) is 1. The molecule has 0 aliphatic heterocycles. The molecule has 8 heavy (non-hydrogen) atoms. The molecule has 0 aromatic rings. The summed E-state index contributed by atoms with van der Waals surface area (Å²) in [5.41, 5.74) is 0. The Hall–Kier alpha value is -1.26. The third kappa shape index (κ3) is 2.95. The van der Waals surface area contributed by atoms with Crippen LogP contribution in [0.2, 0.25) is 0 Å². The summed E-state index contributed by atoms with van der Waals surface area (Å²) in [6, 6.07) is 0. The van der Waals surface area contributed by atoms with Gasteiger partial charge in [-0.3, -0.25) is 10.1 Å². The minimum atomic E-state index is -0.807. The van der Waals surface area contributed by atoms with Crippen LogP contribution in [0.3, 0.4) is 0 Å². The zero-order valence-corrected chi connectivity index (χ0v) is 4.25. The molecule has 0 aliphatic rings. The Morgan fingerprint density at radius 1 is 1.88 bits per heavy atom. The standard InChI is InChI=1S/C3H6N2O3/c1-4-3(6)2-5(7)8/h2,4,6H,1H3/p-1. The molecule has 0 aromatic carbocycles. The first-order valence-electron chi connectivity index (χ1n) is 1.87. The minimum absolute atomic E-state index is 0.361. The van der Waals surface area contributed by atoms with E-state index in [4.69, 9.17) is 0 Å². The minimum Gasteiger partial charge on any atom is -0.856 e. The normalized spacial score (nSPS) is 10.9. The molecule has 46 valence electrons. The molecule has 0 fully saturated rings. The first-order valence-corrected chi connectivity index (χ1v) is 1.87. The summed E-state index contributed by atoms with van der Waals surface area (Å²) in [5, 5.41) is 21.5. The molecular weight excluding hydrogens is 112 g/mol. The molecule has 0 aliphatic carbocycles. The zero-order chi connectivity index (χ0) is 6.57. The summed E-state index contributed by atoms with van der Waals surface area (Å²) in [5.74, 6) is -0.699. The lowest BCUT2D eigenvalue weighted by atomic mass is 10.8. The van der Waals surface area contributed by atoms with E-state index < -0.39 is 10.8 Å². The molecular formula is C3H5N2O3-. The Morgan fingerprint density at radius 2 is 2.38 bits per heavy atom. The molecule has 5 heteroatoms. The SMILES string of the molecule is CNC([O-])=C[N+](=O)[O-]. The van der Waals surface area contributed by atoms with Crippen LogP contribution in [-0.2, 0) is 0 Å². The van der Waals surface area contributed by atoms with Gasteiger partial charge in [-0.1, -0.05) is 0 Å². The predicted octanol–water partition coefficient (Wildman–Crippen LogP) is -1.36. The van der Waals surface area contributed by atoms with Crippen LogP contribution in [0.15, 0.2) is 12.1 Å². The van der Waals surface area contributed by atoms with Crippen LogP contribution in [0.4, 0.5) is 0 Å². The van der Waals surface area contributed by atoms with Crippen molar-refractivity contribution >= 4 is 0 Å². The van der Waals surface area contributed by atoms with Gasteiger partial charge in [0.05, 0.1) is 4.92 Å². The molecule has 0 bridgehead atoms. The highest BCUT2D eigenvalue weighted by Crippen LogP contribution is 1.73. The van der Waals surface area contributed by atoms with Crippen LogP contribution >= 0.6 is 0 Å². The average molecular weight is 117 g/mol. The largest absolute Gasteiger partial charge is 0.856 e. The van der Waals surface area contributed by atoms with Gasteiger partial charge in [-0.05, 0) is 0 Å². The van der Waals surface area contributed by atoms with E-state index in [2.05, 4.69) is 5.32 Å². The van der Waals surface area contributed by atoms with Crippen LogP contribution in [0, 0.1) is 10.1 Å². The predicted molar refractivity (Wildman–Crippen MR) is 24.1 cm³/mol. The van der Waals surface area contributed by atoms with Crippen molar-refractivity contribution in [1.29, 1.82) is 0 Å². The first kappa shape index (κ1) is 6.74. The molecule has 0 heterocycles. The Morgan fingerprint density at radius 3 is 2.50 bits per heavy atom. The van der Waals surface area contributed by atoms with Gasteiger partial charge in [0.1, 0.15) is 0 Å². The van der Waals surface area contributed by atoms with E-state index in [0.29, 0.717) is 6.20 Å². The Labute approximate surface area is 45.8 Å². The second-order valence-corrected chi connectivity index (χ2v) is 1.03. The second-order valence-electron chi connectivity index (χ2n) is 1.03. The molecule has 0 spiro atoms. The van der Waals surface area contributed by atoms with E-state index in [1.807, 2.05) is 0 Å². The summed E-state index contributed by atoms with van der Waals surface area (Å²) >= 11 is 0. The zero-order valence-electron chi connectivity index (χ0n) is 4.25. The molecule has 0 saturated carbocycles. The van der Waals surface area contributed by atoms with E-state index in [-0.39, 0.29) is 0 Å². The van der Waals surface area contributed by atoms with Gasteiger partial charge in [-0.2, -0.15) is 0 Å². The van der Waals surface area contributed by atoms with Gasteiger partial charge in [-0.25, -0.2) is 0 Å². The highest BCUT2D eigenvalue weighted by atomic mass is 16.6. The topological polar surface area (TPSA) is 78.2 Å². The first-order chi connectivity index (χ1) is 3.66. The maximum atomic E-state index is 10.0. The second kappa shape index (κ2) is 2.84. The van der Waals surface area contributed by atoms with Gasteiger partial charge in [0.25, 0.3) is 0 Å². The molecule has 0 amide bonds. The van der Waals surface area contributed by atoms with E-state index >= 15 is 0 Å². The molecule has 0 saturated heterocycles. The van der Waals surface area contributed by atoms with Crippen molar-refractivity contribution in [2.24, 2.45) is 0 Å². The van der Waals surface area contributed by atoms with Crippen molar-refractivity contribution < 1.29 is 10.0 Å². The van der Waals surface area contributed by atoms with Gasteiger partial charge in [0, 0.05) is 12.9 Å². The molecule has 0 unspecified atom stereocenters. The fourth-order valence-electron chi connectivity index (χ4n) is 0.160. The lowest BCUT2D eigenvalue weighted by molar-refractivity contribution is -0.422. The van der Waals surface area contributed by atoms with E-state index in [1.165, 1.54) is 7.05 Å². The quantitative estimate of drug-likeness (QED) is 0.275. The van der Waals surface area contributed by atoms with Crippen LogP contribution in [0.25, 0.3) is 0 Å². The van der Waals surface area contributed by atoms with Crippen molar-refractivity contribution in [3.8, 4) is 0 Å². The number of rotatable bonds is 2. The van der Waals surface area contributed by atoms with E-state index in [1.54, 1.807) is 0 Å². The van der Waals surface area contributed by atoms with Crippen molar-refractivity contribution in [2.45, 2.75) is 0 Å². The summed E-state index contributed by atoms with van der Waals surface area (Å²) < 4.78 is 0. The number of nitrogens with one attached hydrogen (secondary N) is 1. The number of nitro groups is 1. The summed E-state index contributed by atoms with van der Waals surface area (Å²) in [4.78, 5) is 8.65. The summed E-state index contributed by atoms with van der Waals surface area (Å²) in [6.45, 7) is 0. The third-order valence-corrected chi connectivity index (χ3v) is 0.469. The molecule has 5 nitrogen and oxygen atoms in total. The summed E-state index contributed by atoms with van der Waals surface area (Å²) in [6.07, 6.45) is 0.361. The molecule has 0 rings (SSSR count). The van der Waals surface area contributed by atoms with Crippen molar-refractivity contribution in [1.82, 2.24) is 5.32 Å². The molecule has 0 radical (unpaired) electrons. The Balaban J connectivity index is 3.75. The van der Waals surface area contributed by atoms with E-state index in [9.17, 15) is 15.2 Å². The number of hydrogen-bond donors (Lipinski definition) is 1. The van der Waals surface area contributed by atoms with Crippen molar-refractivity contribution in [2.75, 3.05) is 7.05 Å². The van der Waals surface area contributed by atoms with Gasteiger partial charge in [-0.15, -0.1) is 0 Å². The maximum Gasteiger partial charge on any atom is 0.242 e. The van der Waals surface area contributed by atoms with Gasteiger partial charge in [0.15, 0.2) is 0 Å². The van der Waals surface area contributed by atoms with E-state index in [0.717, 1.165) is 0 Å². The third-order valence-electron chi connectivity index (χ3n) is 0.469. The fourth-order valence-corrected chi connectivity index (χ4v) is 0.160. The van der Waals surface area contributed by atoms with Gasteiger partial charge < -0.3 is 10.4 Å². The summed E-state index contributed by atoms with van der Waals surface area (Å²) in [7, 11) is 1.32. The highest BCUT2D eigenvalue weighted by Gasteiger charge is 1.82. The maximum absolute atomic E-state index is 10.0. The molecule has 0 aromatic heterocycles. The monoisotopic (exact) mass is 117 g/mol. The van der Waals surface area contributed by atoms with Crippen LogP contribution in [0.5, 0.6) is 0 Å².